The van der Waals surface area contributed by atoms with E-state index in [1.807, 2.05) is 19.1 Å². The predicted octanol–water partition coefficient (Wildman–Crippen LogP) is 1.77. The lowest BCUT2D eigenvalue weighted by Crippen LogP contribution is -2.35. The summed E-state index contributed by atoms with van der Waals surface area (Å²) in [7, 11) is 0. The van der Waals surface area contributed by atoms with Gasteiger partial charge in [0.15, 0.2) is 0 Å². The molecule has 1 rings (SSSR count). The molecule has 104 valence electrons. The van der Waals surface area contributed by atoms with Crippen LogP contribution in [-0.2, 0) is 16.0 Å². The summed E-state index contributed by atoms with van der Waals surface area (Å²) in [5, 5.41) is 11.3. The molecular weight excluding hydrogens is 244 g/mol. The number of amides is 1. The van der Waals surface area contributed by atoms with Crippen molar-refractivity contribution in [2.45, 2.75) is 38.6 Å². The third kappa shape index (κ3) is 5.52. The first kappa shape index (κ1) is 15.2. The van der Waals surface area contributed by atoms with Crippen LogP contribution >= 0.6 is 0 Å². The molecule has 1 aromatic rings. The molecule has 5 heteroatoms. The number of carbonyl (C=O) groups excluding carboxylic acids is 1. The summed E-state index contributed by atoms with van der Waals surface area (Å²) in [6.45, 7) is 1.98. The first-order valence-electron chi connectivity index (χ1n) is 6.40. The Kier molecular flexibility index (Phi) is 6.02. The van der Waals surface area contributed by atoms with Gasteiger partial charge in [-0.05, 0) is 30.5 Å². The Morgan fingerprint density at radius 1 is 1.32 bits per heavy atom. The first-order chi connectivity index (χ1) is 9.02. The van der Waals surface area contributed by atoms with Crippen molar-refractivity contribution in [1.82, 2.24) is 0 Å². The van der Waals surface area contributed by atoms with E-state index in [0.29, 0.717) is 18.5 Å². The third-order valence-electron chi connectivity index (χ3n) is 2.79. The van der Waals surface area contributed by atoms with Crippen molar-refractivity contribution in [3.05, 3.63) is 29.8 Å². The Morgan fingerprint density at radius 3 is 2.47 bits per heavy atom. The summed E-state index contributed by atoms with van der Waals surface area (Å²) < 4.78 is 0. The van der Waals surface area contributed by atoms with Gasteiger partial charge in [-0.1, -0.05) is 25.5 Å². The van der Waals surface area contributed by atoms with Gasteiger partial charge in [-0.2, -0.15) is 0 Å². The minimum absolute atomic E-state index is 0.104. The normalized spacial score (nSPS) is 11.9. The highest BCUT2D eigenvalue weighted by molar-refractivity contribution is 5.94. The number of nitrogens with two attached hydrogens (primary N) is 1. The number of carboxylic acids is 1. The van der Waals surface area contributed by atoms with E-state index >= 15 is 0 Å². The number of carbonyl (C=O) groups is 2. The van der Waals surface area contributed by atoms with E-state index in [1.165, 1.54) is 0 Å². The maximum atomic E-state index is 11.7. The standard InChI is InChI=1S/C14H20N2O3/c1-2-3-12(15)14(19)16-11-7-4-10(5-8-11)6-9-13(17)18/h4-5,7-8,12H,2-3,6,9,15H2,1H3,(H,16,19)(H,17,18). The molecule has 0 aliphatic carbocycles. The molecule has 0 saturated heterocycles. The average molecular weight is 264 g/mol. The first-order valence-corrected chi connectivity index (χ1v) is 6.40. The number of aryl methyl sites for hydroxylation is 1. The van der Waals surface area contributed by atoms with Gasteiger partial charge in [-0.25, -0.2) is 0 Å². The Morgan fingerprint density at radius 2 is 1.95 bits per heavy atom. The summed E-state index contributed by atoms with van der Waals surface area (Å²) in [4.78, 5) is 22.1. The van der Waals surface area contributed by atoms with Crippen LogP contribution in [-0.4, -0.2) is 23.0 Å². The van der Waals surface area contributed by atoms with Crippen LogP contribution in [0.1, 0.15) is 31.7 Å². The quantitative estimate of drug-likeness (QED) is 0.699. The van der Waals surface area contributed by atoms with Crippen LogP contribution in [0.5, 0.6) is 0 Å². The molecule has 4 N–H and O–H groups in total. The lowest BCUT2D eigenvalue weighted by atomic mass is 10.1. The van der Waals surface area contributed by atoms with E-state index in [9.17, 15) is 9.59 Å². The molecule has 0 radical (unpaired) electrons. The second-order valence-corrected chi connectivity index (χ2v) is 4.48. The number of rotatable bonds is 7. The number of anilines is 1. The van der Waals surface area contributed by atoms with E-state index in [2.05, 4.69) is 5.32 Å². The van der Waals surface area contributed by atoms with Crippen LogP contribution in [0.3, 0.4) is 0 Å². The molecular formula is C14H20N2O3. The van der Waals surface area contributed by atoms with E-state index in [1.54, 1.807) is 12.1 Å². The fourth-order valence-electron chi connectivity index (χ4n) is 1.68. The molecule has 1 unspecified atom stereocenters. The summed E-state index contributed by atoms with van der Waals surface area (Å²) in [5.41, 5.74) is 7.31. The largest absolute Gasteiger partial charge is 0.481 e. The topological polar surface area (TPSA) is 92.4 Å². The van der Waals surface area contributed by atoms with Gasteiger partial charge in [0.1, 0.15) is 0 Å². The highest BCUT2D eigenvalue weighted by atomic mass is 16.4. The van der Waals surface area contributed by atoms with Crippen LogP contribution in [0.15, 0.2) is 24.3 Å². The number of hydrogen-bond donors (Lipinski definition) is 3. The Hall–Kier alpha value is -1.88. The highest BCUT2D eigenvalue weighted by Gasteiger charge is 2.12. The second-order valence-electron chi connectivity index (χ2n) is 4.48. The molecule has 5 nitrogen and oxygen atoms in total. The summed E-state index contributed by atoms with van der Waals surface area (Å²) in [5.74, 6) is -1.01. The highest BCUT2D eigenvalue weighted by Crippen LogP contribution is 2.11. The monoisotopic (exact) mass is 264 g/mol. The van der Waals surface area contributed by atoms with E-state index in [-0.39, 0.29) is 12.3 Å². The number of aliphatic carboxylic acids is 1. The molecule has 0 heterocycles. The van der Waals surface area contributed by atoms with Crippen molar-refractivity contribution in [3.63, 3.8) is 0 Å². The fourth-order valence-corrected chi connectivity index (χ4v) is 1.68. The molecule has 0 bridgehead atoms. The average Bonchev–Trinajstić information content (AvgIpc) is 2.38. The molecule has 0 aliphatic heterocycles. The lowest BCUT2D eigenvalue weighted by molar-refractivity contribution is -0.137. The maximum absolute atomic E-state index is 11.7. The molecule has 0 aliphatic rings. The smallest absolute Gasteiger partial charge is 0.303 e. The van der Waals surface area contributed by atoms with Crippen molar-refractivity contribution in [2.75, 3.05) is 5.32 Å². The van der Waals surface area contributed by atoms with Gasteiger partial charge in [-0.3, -0.25) is 9.59 Å². The summed E-state index contributed by atoms with van der Waals surface area (Å²) in [6.07, 6.45) is 2.11. The number of nitrogens with one attached hydrogen (secondary N) is 1. The SMILES string of the molecule is CCCC(N)C(=O)Nc1ccc(CCC(=O)O)cc1. The molecule has 1 aromatic carbocycles. The minimum Gasteiger partial charge on any atom is -0.481 e. The Bertz CT molecular complexity index is 429. The molecule has 0 saturated carbocycles. The fraction of sp³-hybridized carbons (Fsp3) is 0.429. The number of hydrogen-bond acceptors (Lipinski definition) is 3. The van der Waals surface area contributed by atoms with Crippen molar-refractivity contribution in [1.29, 1.82) is 0 Å². The van der Waals surface area contributed by atoms with E-state index in [4.69, 9.17) is 10.8 Å². The predicted molar refractivity (Wildman–Crippen MR) is 73.9 cm³/mol. The summed E-state index contributed by atoms with van der Waals surface area (Å²) in [6, 6.07) is 6.65. The van der Waals surface area contributed by atoms with Crippen LogP contribution in [0.25, 0.3) is 0 Å². The zero-order valence-corrected chi connectivity index (χ0v) is 11.1. The van der Waals surface area contributed by atoms with Crippen molar-refractivity contribution < 1.29 is 14.7 Å². The van der Waals surface area contributed by atoms with Crippen LogP contribution in [0.4, 0.5) is 5.69 Å². The summed E-state index contributed by atoms with van der Waals surface area (Å²) >= 11 is 0. The van der Waals surface area contributed by atoms with Crippen LogP contribution in [0.2, 0.25) is 0 Å². The zero-order valence-electron chi connectivity index (χ0n) is 11.1. The van der Waals surface area contributed by atoms with Crippen LogP contribution < -0.4 is 11.1 Å². The van der Waals surface area contributed by atoms with Gasteiger partial charge in [0.05, 0.1) is 6.04 Å². The van der Waals surface area contributed by atoms with Crippen molar-refractivity contribution >= 4 is 17.6 Å². The van der Waals surface area contributed by atoms with Gasteiger partial charge in [0.25, 0.3) is 0 Å². The molecule has 0 spiro atoms. The molecule has 1 atom stereocenters. The van der Waals surface area contributed by atoms with Crippen LogP contribution in [0, 0.1) is 0 Å². The molecule has 0 fully saturated rings. The third-order valence-corrected chi connectivity index (χ3v) is 2.79. The van der Waals surface area contributed by atoms with E-state index < -0.39 is 12.0 Å². The maximum Gasteiger partial charge on any atom is 0.303 e. The van der Waals surface area contributed by atoms with Gasteiger partial charge < -0.3 is 16.2 Å². The molecule has 19 heavy (non-hydrogen) atoms. The number of benzene rings is 1. The van der Waals surface area contributed by atoms with Gasteiger partial charge in [-0.15, -0.1) is 0 Å². The molecule has 0 aromatic heterocycles. The lowest BCUT2D eigenvalue weighted by Gasteiger charge is -2.11. The zero-order chi connectivity index (χ0) is 14.3. The second kappa shape index (κ2) is 7.53. The van der Waals surface area contributed by atoms with Gasteiger partial charge in [0.2, 0.25) is 5.91 Å². The van der Waals surface area contributed by atoms with Crippen molar-refractivity contribution in [3.8, 4) is 0 Å². The van der Waals surface area contributed by atoms with Gasteiger partial charge in [0, 0.05) is 12.1 Å². The van der Waals surface area contributed by atoms with Gasteiger partial charge >= 0.3 is 5.97 Å². The minimum atomic E-state index is -0.817. The Balaban J connectivity index is 2.52. The van der Waals surface area contributed by atoms with E-state index in [0.717, 1.165) is 12.0 Å². The number of carboxylic acid groups (broad SMARTS) is 1. The Labute approximate surface area is 112 Å². The van der Waals surface area contributed by atoms with Crippen molar-refractivity contribution in [2.24, 2.45) is 5.73 Å². The molecule has 1 amide bonds.